The normalized spacial score (nSPS) is 14.5. The lowest BCUT2D eigenvalue weighted by Crippen LogP contribution is -2.28. The summed E-state index contributed by atoms with van der Waals surface area (Å²) in [5.74, 6) is -1.33. The minimum absolute atomic E-state index is 0.0108. The van der Waals surface area contributed by atoms with Crippen molar-refractivity contribution >= 4 is 18.7 Å². The number of hydrogen-bond acceptors (Lipinski definition) is 5. The maximum atomic E-state index is 14.7. The molecule has 3 rings (SSSR count). The molecule has 1 aromatic carbocycles. The van der Waals surface area contributed by atoms with Crippen LogP contribution >= 0.6 is 12.8 Å². The van der Waals surface area contributed by atoms with Gasteiger partial charge in [0, 0.05) is 23.9 Å². The first-order valence-corrected chi connectivity index (χ1v) is 10.2. The highest BCUT2D eigenvalue weighted by Crippen LogP contribution is 2.33. The first-order valence-electron chi connectivity index (χ1n) is 9.76. The van der Waals surface area contributed by atoms with Gasteiger partial charge in [0.15, 0.2) is 0 Å². The second-order valence-electron chi connectivity index (χ2n) is 7.26. The molecule has 2 aromatic rings. The number of rotatable bonds is 9. The molecule has 5 nitrogen and oxygen atoms in total. The van der Waals surface area contributed by atoms with Crippen LogP contribution in [-0.2, 0) is 11.2 Å². The molecule has 1 amide bonds. The number of thiol groups is 1. The molecule has 2 N–H and O–H groups in total. The van der Waals surface area contributed by atoms with Gasteiger partial charge in [0.05, 0.1) is 6.54 Å². The molecule has 1 saturated carbocycles. The molecular formula is C21H25F2N3O2S. The quantitative estimate of drug-likeness (QED) is 0.603. The van der Waals surface area contributed by atoms with E-state index in [1.807, 2.05) is 0 Å². The summed E-state index contributed by atoms with van der Waals surface area (Å²) >= 11 is 4.11. The first-order chi connectivity index (χ1) is 13.9. The molecule has 0 spiro atoms. The minimum atomic E-state index is -0.615. The zero-order chi connectivity index (χ0) is 20.8. The second kappa shape index (κ2) is 10.0. The molecule has 0 bridgehead atoms. The van der Waals surface area contributed by atoms with E-state index in [4.69, 9.17) is 10.5 Å². The fraction of sp³-hybridized carbons (Fsp3) is 0.429. The van der Waals surface area contributed by atoms with E-state index in [0.717, 1.165) is 25.7 Å². The molecule has 0 saturated heterocycles. The van der Waals surface area contributed by atoms with Gasteiger partial charge in [0.1, 0.15) is 17.7 Å². The van der Waals surface area contributed by atoms with Gasteiger partial charge < -0.3 is 10.5 Å². The second-order valence-corrected chi connectivity index (χ2v) is 7.82. The highest BCUT2D eigenvalue weighted by atomic mass is 32.1. The van der Waals surface area contributed by atoms with Crippen LogP contribution in [0.5, 0.6) is 5.88 Å². The van der Waals surface area contributed by atoms with E-state index >= 15 is 0 Å². The molecular weight excluding hydrogens is 396 g/mol. The number of primary amides is 1. The summed E-state index contributed by atoms with van der Waals surface area (Å²) in [6.07, 6.45) is 6.51. The number of halogens is 2. The number of nitrogens with two attached hydrogens (primary N) is 1. The van der Waals surface area contributed by atoms with Crippen LogP contribution in [-0.4, -0.2) is 34.4 Å². The fourth-order valence-corrected chi connectivity index (χ4v) is 3.84. The van der Waals surface area contributed by atoms with Crippen molar-refractivity contribution < 1.29 is 18.3 Å². The van der Waals surface area contributed by atoms with E-state index in [-0.39, 0.29) is 24.6 Å². The van der Waals surface area contributed by atoms with Crippen LogP contribution in [0, 0.1) is 11.6 Å². The van der Waals surface area contributed by atoms with E-state index in [0.29, 0.717) is 30.0 Å². The Kier molecular flexibility index (Phi) is 7.44. The molecule has 0 atom stereocenters. The molecule has 1 aliphatic carbocycles. The van der Waals surface area contributed by atoms with Gasteiger partial charge in [-0.15, -0.1) is 0 Å². The number of ether oxygens (including phenoxy) is 1. The maximum Gasteiger partial charge on any atom is 0.232 e. The summed E-state index contributed by atoms with van der Waals surface area (Å²) in [6.45, 7) is 0.368. The Bertz CT molecular complexity index is 837. The van der Waals surface area contributed by atoms with E-state index in [9.17, 15) is 13.6 Å². The summed E-state index contributed by atoms with van der Waals surface area (Å²) in [5.41, 5.74) is 6.08. The average molecular weight is 422 g/mol. The van der Waals surface area contributed by atoms with Gasteiger partial charge in [-0.05, 0) is 68.4 Å². The van der Waals surface area contributed by atoms with Gasteiger partial charge in [-0.3, -0.25) is 4.79 Å². The van der Waals surface area contributed by atoms with Crippen LogP contribution in [0.25, 0.3) is 11.1 Å². The number of aromatic nitrogens is 1. The zero-order valence-electron chi connectivity index (χ0n) is 16.1. The minimum Gasteiger partial charge on any atom is -0.474 e. The zero-order valence-corrected chi connectivity index (χ0v) is 17.0. The van der Waals surface area contributed by atoms with E-state index in [1.165, 1.54) is 16.4 Å². The SMILES string of the molecule is NC(=O)CN(S)CCCc1c(F)cc(-c2cccnc2OC2CCCC2)cc1F. The molecule has 0 unspecified atom stereocenters. The third-order valence-electron chi connectivity index (χ3n) is 4.99. The number of amides is 1. The summed E-state index contributed by atoms with van der Waals surface area (Å²) in [7, 11) is 0. The average Bonchev–Trinajstić information content (AvgIpc) is 3.17. The van der Waals surface area contributed by atoms with Gasteiger partial charge in [0.25, 0.3) is 0 Å². The Hall–Kier alpha value is -2.19. The Balaban J connectivity index is 1.73. The summed E-state index contributed by atoms with van der Waals surface area (Å²) in [5, 5.41) is 0. The van der Waals surface area contributed by atoms with Crippen LogP contribution in [0.4, 0.5) is 8.78 Å². The van der Waals surface area contributed by atoms with Crippen LogP contribution in [0.1, 0.15) is 37.7 Å². The molecule has 0 radical (unpaired) electrons. The van der Waals surface area contributed by atoms with Gasteiger partial charge in [-0.25, -0.2) is 18.1 Å². The first kappa shape index (κ1) is 21.5. The lowest BCUT2D eigenvalue weighted by Gasteiger charge is -2.16. The summed E-state index contributed by atoms with van der Waals surface area (Å²) in [4.78, 5) is 15.1. The van der Waals surface area contributed by atoms with Crippen molar-refractivity contribution in [3.8, 4) is 17.0 Å². The Morgan fingerprint density at radius 1 is 1.28 bits per heavy atom. The molecule has 1 fully saturated rings. The van der Waals surface area contributed by atoms with E-state index < -0.39 is 17.5 Å². The lowest BCUT2D eigenvalue weighted by atomic mass is 10.0. The van der Waals surface area contributed by atoms with Crippen LogP contribution in [0.15, 0.2) is 30.5 Å². The highest BCUT2D eigenvalue weighted by Gasteiger charge is 2.20. The number of carbonyl (C=O) groups is 1. The Morgan fingerprint density at radius 3 is 2.62 bits per heavy atom. The smallest absolute Gasteiger partial charge is 0.232 e. The largest absolute Gasteiger partial charge is 0.474 e. The molecule has 29 heavy (non-hydrogen) atoms. The molecule has 8 heteroatoms. The Morgan fingerprint density at radius 2 is 1.97 bits per heavy atom. The fourth-order valence-electron chi connectivity index (χ4n) is 3.56. The lowest BCUT2D eigenvalue weighted by molar-refractivity contribution is -0.118. The van der Waals surface area contributed by atoms with E-state index in [1.54, 1.807) is 18.3 Å². The van der Waals surface area contributed by atoms with Crippen molar-refractivity contribution in [1.82, 2.24) is 9.29 Å². The van der Waals surface area contributed by atoms with Gasteiger partial charge >= 0.3 is 0 Å². The standard InChI is InChI=1S/C21H25F2N3O2S/c22-18-11-14(12-19(23)17(18)8-4-10-26(29)13-20(24)27)16-7-3-9-25-21(16)28-15-5-1-2-6-15/h3,7,9,11-12,15,29H,1-2,4-6,8,10,13H2,(H2,24,27). The predicted molar refractivity (Wildman–Crippen MR) is 111 cm³/mol. The third kappa shape index (κ3) is 5.90. The Labute approximate surface area is 174 Å². The van der Waals surface area contributed by atoms with Gasteiger partial charge in [-0.1, -0.05) is 12.8 Å². The predicted octanol–water partition coefficient (Wildman–Crippen LogP) is 3.91. The van der Waals surface area contributed by atoms with E-state index in [2.05, 4.69) is 17.8 Å². The van der Waals surface area contributed by atoms with Crippen molar-refractivity contribution in [2.45, 2.75) is 44.6 Å². The van der Waals surface area contributed by atoms with Crippen LogP contribution < -0.4 is 10.5 Å². The molecule has 1 heterocycles. The summed E-state index contributed by atoms with van der Waals surface area (Å²) in [6, 6.07) is 6.12. The topological polar surface area (TPSA) is 68.5 Å². The highest BCUT2D eigenvalue weighted by molar-refractivity contribution is 7.77. The van der Waals surface area contributed by atoms with Crippen LogP contribution in [0.3, 0.4) is 0 Å². The number of pyridine rings is 1. The van der Waals surface area contributed by atoms with Gasteiger partial charge in [-0.2, -0.15) is 0 Å². The van der Waals surface area contributed by atoms with Crippen LogP contribution in [0.2, 0.25) is 0 Å². The number of nitrogens with zero attached hydrogens (tertiary/aromatic N) is 2. The van der Waals surface area contributed by atoms with Crippen molar-refractivity contribution in [1.29, 1.82) is 0 Å². The number of hydrogen-bond donors (Lipinski definition) is 2. The third-order valence-corrected chi connectivity index (χ3v) is 5.33. The molecule has 1 aromatic heterocycles. The van der Waals surface area contributed by atoms with Crippen molar-refractivity contribution in [2.24, 2.45) is 5.73 Å². The summed E-state index contributed by atoms with van der Waals surface area (Å²) < 4.78 is 36.7. The maximum absolute atomic E-state index is 14.7. The molecule has 0 aliphatic heterocycles. The molecule has 156 valence electrons. The van der Waals surface area contributed by atoms with Crippen molar-refractivity contribution in [2.75, 3.05) is 13.1 Å². The molecule has 1 aliphatic rings. The number of carbonyl (C=O) groups excluding carboxylic acids is 1. The van der Waals surface area contributed by atoms with Gasteiger partial charge in [0.2, 0.25) is 11.8 Å². The van der Waals surface area contributed by atoms with Crippen molar-refractivity contribution in [3.05, 3.63) is 47.7 Å². The monoisotopic (exact) mass is 421 g/mol. The van der Waals surface area contributed by atoms with Crippen molar-refractivity contribution in [3.63, 3.8) is 0 Å². The number of benzene rings is 1.